The molecule has 0 aliphatic rings. The molecule has 0 aliphatic carbocycles. The lowest BCUT2D eigenvalue weighted by molar-refractivity contribution is -0.116. The third-order valence-electron chi connectivity index (χ3n) is 5.21. The number of ether oxygens (including phenoxy) is 1. The number of anilines is 1. The number of carbonyl (C=O) groups is 1. The van der Waals surface area contributed by atoms with Crippen molar-refractivity contribution in [2.45, 2.75) is 19.8 Å². The fourth-order valence-electron chi connectivity index (χ4n) is 3.60. The summed E-state index contributed by atoms with van der Waals surface area (Å²) in [4.78, 5) is 17.6. The summed E-state index contributed by atoms with van der Waals surface area (Å²) in [7, 11) is 0. The highest BCUT2D eigenvalue weighted by Gasteiger charge is 2.24. The number of aryl methyl sites for hydroxylation is 2. The van der Waals surface area contributed by atoms with Crippen molar-refractivity contribution in [3.63, 3.8) is 0 Å². The van der Waals surface area contributed by atoms with Crippen LogP contribution in [0.2, 0.25) is 0 Å². The fraction of sp³-hybridized carbons (Fsp3) is 0.111. The van der Waals surface area contributed by atoms with Gasteiger partial charge in [0, 0.05) is 18.0 Å². The summed E-state index contributed by atoms with van der Waals surface area (Å²) >= 11 is 0. The minimum atomic E-state index is -0.397. The summed E-state index contributed by atoms with van der Waals surface area (Å²) < 4.78 is 5.80. The van der Waals surface area contributed by atoms with Crippen molar-refractivity contribution in [1.29, 1.82) is 0 Å². The first kappa shape index (κ1) is 20.4. The van der Waals surface area contributed by atoms with Gasteiger partial charge in [0.05, 0.1) is 5.92 Å². The molecule has 0 saturated carbocycles. The molecule has 4 nitrogen and oxygen atoms in total. The fourth-order valence-corrected chi connectivity index (χ4v) is 3.60. The minimum Gasteiger partial charge on any atom is -0.439 e. The van der Waals surface area contributed by atoms with Gasteiger partial charge in [0.15, 0.2) is 0 Å². The van der Waals surface area contributed by atoms with Crippen molar-refractivity contribution in [3.8, 4) is 11.6 Å². The molecule has 1 atom stereocenters. The summed E-state index contributed by atoms with van der Waals surface area (Å²) in [5.41, 5.74) is 4.72. The molecule has 1 aromatic heterocycles. The van der Waals surface area contributed by atoms with Crippen molar-refractivity contribution < 1.29 is 9.53 Å². The van der Waals surface area contributed by atoms with Crippen LogP contribution in [0.3, 0.4) is 0 Å². The van der Waals surface area contributed by atoms with Crippen LogP contribution in [0.4, 0.5) is 5.69 Å². The molecular weight excluding hydrogens is 384 g/mol. The van der Waals surface area contributed by atoms with Crippen molar-refractivity contribution >= 4 is 11.6 Å². The Morgan fingerprint density at radius 2 is 1.58 bits per heavy atom. The van der Waals surface area contributed by atoms with Crippen LogP contribution in [-0.2, 0) is 4.79 Å². The second kappa shape index (κ2) is 9.26. The van der Waals surface area contributed by atoms with Crippen LogP contribution in [0.1, 0.15) is 28.2 Å². The van der Waals surface area contributed by atoms with E-state index in [1.807, 2.05) is 98.8 Å². The van der Waals surface area contributed by atoms with Gasteiger partial charge < -0.3 is 10.1 Å². The van der Waals surface area contributed by atoms with Gasteiger partial charge in [0.2, 0.25) is 11.8 Å². The summed E-state index contributed by atoms with van der Waals surface area (Å²) in [6.07, 6.45) is 1.69. The lowest BCUT2D eigenvalue weighted by Gasteiger charge is -2.20. The Labute approximate surface area is 182 Å². The second-order valence-electron chi connectivity index (χ2n) is 7.44. The van der Waals surface area contributed by atoms with Crippen LogP contribution in [0.15, 0.2) is 97.2 Å². The standard InChI is InChI=1S/C27H24N2O2/c1-19-10-6-7-13-23(19)26(21-11-4-3-5-12-21)27(30)29-24-16-15-22(18-20(24)2)31-25-14-8-9-17-28-25/h3-18,26H,1-2H3,(H,29,30). The highest BCUT2D eigenvalue weighted by molar-refractivity contribution is 5.99. The number of pyridine rings is 1. The molecular formula is C27H24N2O2. The van der Waals surface area contributed by atoms with Gasteiger partial charge in [-0.15, -0.1) is 0 Å². The Morgan fingerprint density at radius 3 is 2.29 bits per heavy atom. The molecule has 4 heteroatoms. The number of hydrogen-bond donors (Lipinski definition) is 1. The number of nitrogens with one attached hydrogen (secondary N) is 1. The summed E-state index contributed by atoms with van der Waals surface area (Å²) in [6, 6.07) is 29.0. The third kappa shape index (κ3) is 4.81. The van der Waals surface area contributed by atoms with Gasteiger partial charge in [0.1, 0.15) is 5.75 Å². The highest BCUT2D eigenvalue weighted by Crippen LogP contribution is 2.30. The molecule has 0 fully saturated rings. The molecule has 0 aliphatic heterocycles. The number of aromatic nitrogens is 1. The van der Waals surface area contributed by atoms with Gasteiger partial charge in [-0.25, -0.2) is 4.98 Å². The normalized spacial score (nSPS) is 11.5. The van der Waals surface area contributed by atoms with E-state index >= 15 is 0 Å². The molecule has 1 unspecified atom stereocenters. The largest absolute Gasteiger partial charge is 0.439 e. The van der Waals surface area contributed by atoms with E-state index in [2.05, 4.69) is 10.3 Å². The number of amides is 1. The van der Waals surface area contributed by atoms with Crippen LogP contribution in [0.5, 0.6) is 11.6 Å². The van der Waals surface area contributed by atoms with Crippen LogP contribution >= 0.6 is 0 Å². The molecule has 0 saturated heterocycles. The van der Waals surface area contributed by atoms with E-state index < -0.39 is 5.92 Å². The van der Waals surface area contributed by atoms with Crippen molar-refractivity contribution in [3.05, 3.63) is 119 Å². The Hall–Kier alpha value is -3.92. The number of nitrogens with zero attached hydrogens (tertiary/aromatic N) is 1. The molecule has 154 valence electrons. The Bertz CT molecular complexity index is 1170. The number of hydrogen-bond acceptors (Lipinski definition) is 3. The summed E-state index contributed by atoms with van der Waals surface area (Å²) in [5.74, 6) is 0.739. The average Bonchev–Trinajstić information content (AvgIpc) is 2.79. The van der Waals surface area contributed by atoms with E-state index in [0.29, 0.717) is 11.6 Å². The molecule has 4 aromatic rings. The van der Waals surface area contributed by atoms with Crippen LogP contribution in [0.25, 0.3) is 0 Å². The maximum Gasteiger partial charge on any atom is 0.236 e. The first-order chi connectivity index (χ1) is 15.1. The first-order valence-electron chi connectivity index (χ1n) is 10.2. The van der Waals surface area contributed by atoms with E-state index in [4.69, 9.17) is 4.74 Å². The number of carbonyl (C=O) groups excluding carboxylic acids is 1. The van der Waals surface area contributed by atoms with Gasteiger partial charge in [-0.2, -0.15) is 0 Å². The van der Waals surface area contributed by atoms with E-state index in [0.717, 1.165) is 27.9 Å². The smallest absolute Gasteiger partial charge is 0.236 e. The zero-order valence-electron chi connectivity index (χ0n) is 17.6. The molecule has 3 aromatic carbocycles. The average molecular weight is 409 g/mol. The SMILES string of the molecule is Cc1cc(Oc2ccccn2)ccc1NC(=O)C(c1ccccc1)c1ccccc1C. The van der Waals surface area contributed by atoms with Crippen molar-refractivity contribution in [1.82, 2.24) is 4.98 Å². The van der Waals surface area contributed by atoms with Gasteiger partial charge in [-0.05, 0) is 60.4 Å². The molecule has 0 bridgehead atoms. The van der Waals surface area contributed by atoms with Crippen LogP contribution in [-0.4, -0.2) is 10.9 Å². The van der Waals surface area contributed by atoms with Gasteiger partial charge >= 0.3 is 0 Å². The van der Waals surface area contributed by atoms with E-state index in [-0.39, 0.29) is 5.91 Å². The maximum atomic E-state index is 13.4. The molecule has 1 N–H and O–H groups in total. The van der Waals surface area contributed by atoms with Crippen molar-refractivity contribution in [2.75, 3.05) is 5.32 Å². The summed E-state index contributed by atoms with van der Waals surface area (Å²) in [5, 5.41) is 3.12. The maximum absolute atomic E-state index is 13.4. The van der Waals surface area contributed by atoms with E-state index in [1.165, 1.54) is 0 Å². The van der Waals surface area contributed by atoms with E-state index in [9.17, 15) is 4.79 Å². The molecule has 1 amide bonds. The summed E-state index contributed by atoms with van der Waals surface area (Å²) in [6.45, 7) is 3.99. The number of rotatable bonds is 6. The molecule has 1 heterocycles. The van der Waals surface area contributed by atoms with E-state index in [1.54, 1.807) is 12.3 Å². The molecule has 4 rings (SSSR count). The monoisotopic (exact) mass is 408 g/mol. The quantitative estimate of drug-likeness (QED) is 0.410. The third-order valence-corrected chi connectivity index (χ3v) is 5.21. The first-order valence-corrected chi connectivity index (χ1v) is 10.2. The molecule has 0 spiro atoms. The minimum absolute atomic E-state index is 0.0676. The Morgan fingerprint density at radius 1 is 0.839 bits per heavy atom. The lowest BCUT2D eigenvalue weighted by atomic mass is 9.87. The predicted molar refractivity (Wildman–Crippen MR) is 124 cm³/mol. The van der Waals surface area contributed by atoms with Gasteiger partial charge in [-0.3, -0.25) is 4.79 Å². The van der Waals surface area contributed by atoms with Gasteiger partial charge in [0.25, 0.3) is 0 Å². The lowest BCUT2D eigenvalue weighted by Crippen LogP contribution is -2.23. The van der Waals surface area contributed by atoms with Crippen LogP contribution < -0.4 is 10.1 Å². The van der Waals surface area contributed by atoms with Crippen LogP contribution in [0, 0.1) is 13.8 Å². The molecule has 31 heavy (non-hydrogen) atoms. The zero-order valence-corrected chi connectivity index (χ0v) is 17.6. The zero-order chi connectivity index (χ0) is 21.6. The van der Waals surface area contributed by atoms with Crippen molar-refractivity contribution in [2.24, 2.45) is 0 Å². The molecule has 0 radical (unpaired) electrons. The second-order valence-corrected chi connectivity index (χ2v) is 7.44. The predicted octanol–water partition coefficient (Wildman–Crippen LogP) is 6.26. The highest BCUT2D eigenvalue weighted by atomic mass is 16.5. The topological polar surface area (TPSA) is 51.2 Å². The van der Waals surface area contributed by atoms with Gasteiger partial charge in [-0.1, -0.05) is 60.7 Å². The Balaban J connectivity index is 1.59. The Kier molecular flexibility index (Phi) is 6.08. The number of benzene rings is 3.